The molecular formula is C22H32FO2P. The minimum absolute atomic E-state index is 0.00370. The van der Waals surface area contributed by atoms with Gasteiger partial charge in [-0.15, -0.1) is 0 Å². The zero-order valence-corrected chi connectivity index (χ0v) is 16.8. The molecule has 144 valence electrons. The third-order valence-corrected chi connectivity index (χ3v) is 8.30. The standard InChI is InChI=1S/C22H32FO2P/c1-21-11-8-18-17-7-5-16(23)14-15(17)4-6-19(18)20(21)9-12-22(21,24)10-2-3-13-25-26/h5,7,14,18-20,24H,2-4,6,8-13,26H2,1H3/t18?,19?,20?,21-,22-/m0/s1/i26T/t18?,19?,20?,21-,22-,26?. The molecule has 0 heterocycles. The van der Waals surface area contributed by atoms with Crippen LogP contribution in [0.5, 0.6) is 0 Å². The predicted molar refractivity (Wildman–Crippen MR) is 105 cm³/mol. The molecule has 0 amide bonds. The summed E-state index contributed by atoms with van der Waals surface area (Å²) in [6, 6.07) is 5.39. The third kappa shape index (κ3) is 2.95. The maximum atomic E-state index is 13.6. The zero-order valence-electron chi connectivity index (χ0n) is 16.8. The summed E-state index contributed by atoms with van der Waals surface area (Å²) < 4.78 is 25.9. The van der Waals surface area contributed by atoms with E-state index in [1.807, 2.05) is 6.07 Å². The van der Waals surface area contributed by atoms with Crippen molar-refractivity contribution in [3.05, 3.63) is 35.1 Å². The quantitative estimate of drug-likeness (QED) is 0.530. The minimum Gasteiger partial charge on any atom is -0.389 e. The van der Waals surface area contributed by atoms with Gasteiger partial charge in [0.05, 0.1) is 13.5 Å². The van der Waals surface area contributed by atoms with E-state index in [2.05, 4.69) is 6.92 Å². The molecule has 0 saturated heterocycles. The van der Waals surface area contributed by atoms with Crippen LogP contribution in [0.2, 0.25) is 0 Å². The first-order valence-electron chi connectivity index (χ1n) is 10.8. The second-order valence-electron chi connectivity index (χ2n) is 9.09. The lowest BCUT2D eigenvalue weighted by molar-refractivity contribution is -0.108. The molecule has 1 N–H and O–H groups in total. The van der Waals surface area contributed by atoms with Gasteiger partial charge in [0.25, 0.3) is 0 Å². The molecule has 0 bridgehead atoms. The number of aryl methyl sites for hydroxylation is 1. The van der Waals surface area contributed by atoms with E-state index < -0.39 is 5.60 Å². The van der Waals surface area contributed by atoms with Crippen LogP contribution < -0.4 is 0 Å². The smallest absolute Gasteiger partial charge is 0.123 e. The number of fused-ring (bicyclic) bond motifs is 5. The van der Waals surface area contributed by atoms with Crippen LogP contribution in [0.3, 0.4) is 0 Å². The van der Waals surface area contributed by atoms with Crippen LogP contribution in [-0.4, -0.2) is 18.6 Å². The molecule has 0 aliphatic heterocycles. The van der Waals surface area contributed by atoms with Gasteiger partial charge in [0.15, 0.2) is 0 Å². The molecule has 1 aromatic carbocycles. The van der Waals surface area contributed by atoms with Gasteiger partial charge in [0, 0.05) is 9.41 Å². The molecule has 2 fully saturated rings. The fraction of sp³-hybridized carbons (Fsp3) is 0.727. The van der Waals surface area contributed by atoms with Crippen LogP contribution in [0.15, 0.2) is 18.2 Å². The first kappa shape index (κ1) is 17.6. The highest BCUT2D eigenvalue weighted by atomic mass is 31.0. The van der Waals surface area contributed by atoms with Gasteiger partial charge in [-0.2, -0.15) is 0 Å². The van der Waals surface area contributed by atoms with Gasteiger partial charge in [-0.05, 0) is 104 Å². The van der Waals surface area contributed by atoms with Crippen molar-refractivity contribution in [2.24, 2.45) is 17.3 Å². The van der Waals surface area contributed by atoms with Crippen LogP contribution in [-0.2, 0) is 10.9 Å². The maximum Gasteiger partial charge on any atom is 0.123 e. The minimum atomic E-state index is -0.561. The van der Waals surface area contributed by atoms with Gasteiger partial charge in [0.2, 0.25) is 0 Å². The lowest BCUT2D eigenvalue weighted by Crippen LogP contribution is -2.50. The molecule has 0 radical (unpaired) electrons. The molecule has 6 atom stereocenters. The summed E-state index contributed by atoms with van der Waals surface area (Å²) in [7, 11) is -0.189. The Bertz CT molecular complexity index is 686. The van der Waals surface area contributed by atoms with E-state index in [9.17, 15) is 9.50 Å². The monoisotopic (exact) mass is 380 g/mol. The second-order valence-corrected chi connectivity index (χ2v) is 9.38. The SMILES string of the molecule is [3H]POCCCC[C@]1(O)CCC2C3CCc4cc(F)ccc4C3CC[C@@]21C. The van der Waals surface area contributed by atoms with E-state index >= 15 is 0 Å². The van der Waals surface area contributed by atoms with Crippen LogP contribution in [0.4, 0.5) is 4.39 Å². The van der Waals surface area contributed by atoms with Crippen molar-refractivity contribution < 1.29 is 14.0 Å². The fourth-order valence-corrected chi connectivity index (χ4v) is 6.81. The van der Waals surface area contributed by atoms with Gasteiger partial charge in [-0.3, -0.25) is 0 Å². The number of halogens is 1. The largest absolute Gasteiger partial charge is 0.389 e. The highest BCUT2D eigenvalue weighted by molar-refractivity contribution is 7.09. The lowest BCUT2D eigenvalue weighted by Gasteiger charge is -2.53. The van der Waals surface area contributed by atoms with E-state index in [1.165, 1.54) is 11.1 Å². The van der Waals surface area contributed by atoms with Gasteiger partial charge in [-0.1, -0.05) is 13.0 Å². The molecule has 4 heteroatoms. The summed E-state index contributed by atoms with van der Waals surface area (Å²) in [5.74, 6) is 1.63. The normalized spacial score (nSPS) is 39.5. The number of hydrogen-bond acceptors (Lipinski definition) is 2. The highest BCUT2D eigenvalue weighted by Crippen LogP contribution is 2.65. The van der Waals surface area contributed by atoms with Crippen LogP contribution in [0, 0.1) is 23.1 Å². The number of aliphatic hydroxyl groups is 1. The summed E-state index contributed by atoms with van der Waals surface area (Å²) in [4.78, 5) is 0. The lowest BCUT2D eigenvalue weighted by atomic mass is 9.53. The molecular weight excluding hydrogens is 346 g/mol. The highest BCUT2D eigenvalue weighted by Gasteiger charge is 2.60. The molecule has 26 heavy (non-hydrogen) atoms. The van der Waals surface area contributed by atoms with E-state index in [0.717, 1.165) is 57.8 Å². The molecule has 3 aliphatic carbocycles. The average Bonchev–Trinajstić information content (AvgIpc) is 2.92. The van der Waals surface area contributed by atoms with Gasteiger partial charge in [0.1, 0.15) is 5.82 Å². The Morgan fingerprint density at radius 1 is 1.31 bits per heavy atom. The van der Waals surface area contributed by atoms with Crippen molar-refractivity contribution in [3.8, 4) is 0 Å². The Labute approximate surface area is 160 Å². The summed E-state index contributed by atoms with van der Waals surface area (Å²) in [6.07, 6.45) is 9.08. The Hall–Kier alpha value is -0.500. The van der Waals surface area contributed by atoms with E-state index in [4.69, 9.17) is 5.80 Å². The number of unbranched alkanes of at least 4 members (excludes halogenated alkanes) is 1. The first-order chi connectivity index (χ1) is 13.0. The number of benzene rings is 1. The summed E-state index contributed by atoms with van der Waals surface area (Å²) in [5.41, 5.74) is 2.03. The van der Waals surface area contributed by atoms with Crippen molar-refractivity contribution in [1.29, 1.82) is 1.28 Å². The summed E-state index contributed by atoms with van der Waals surface area (Å²) in [5, 5.41) is 11.6. The molecule has 4 unspecified atom stereocenters. The fourth-order valence-electron chi connectivity index (χ4n) is 6.66. The molecule has 0 spiro atoms. The predicted octanol–water partition coefficient (Wildman–Crippen LogP) is 5.39. The first-order valence-corrected chi connectivity index (χ1v) is 10.7. The van der Waals surface area contributed by atoms with E-state index in [1.54, 1.807) is 12.1 Å². The molecule has 2 saturated carbocycles. The zero-order chi connectivity index (χ0) is 19.1. The van der Waals surface area contributed by atoms with Crippen molar-refractivity contribution in [3.63, 3.8) is 0 Å². The molecule has 2 nitrogen and oxygen atoms in total. The van der Waals surface area contributed by atoms with Crippen molar-refractivity contribution >= 4 is 9.41 Å². The van der Waals surface area contributed by atoms with E-state index in [-0.39, 0.29) is 20.6 Å². The van der Waals surface area contributed by atoms with Gasteiger partial charge < -0.3 is 9.63 Å². The molecule has 3 aliphatic rings. The van der Waals surface area contributed by atoms with Gasteiger partial charge >= 0.3 is 0 Å². The van der Waals surface area contributed by atoms with Crippen molar-refractivity contribution in [2.75, 3.05) is 6.61 Å². The van der Waals surface area contributed by atoms with E-state index in [0.29, 0.717) is 24.4 Å². The second kappa shape index (κ2) is 7.15. The van der Waals surface area contributed by atoms with Crippen LogP contribution >= 0.6 is 9.41 Å². The third-order valence-electron chi connectivity index (χ3n) is 8.10. The topological polar surface area (TPSA) is 29.5 Å². The summed E-state index contributed by atoms with van der Waals surface area (Å²) >= 11 is 0. The Morgan fingerprint density at radius 3 is 3.04 bits per heavy atom. The van der Waals surface area contributed by atoms with Crippen LogP contribution in [0.25, 0.3) is 0 Å². The number of hydrogen-bond donors (Lipinski definition) is 1. The van der Waals surface area contributed by atoms with Crippen LogP contribution in [0.1, 0.15) is 75.3 Å². The van der Waals surface area contributed by atoms with Crippen molar-refractivity contribution in [2.45, 2.75) is 76.2 Å². The molecule has 0 aromatic heterocycles. The Balaban J connectivity index is 1.49. The maximum absolute atomic E-state index is 13.6. The van der Waals surface area contributed by atoms with Gasteiger partial charge in [-0.25, -0.2) is 4.39 Å². The molecule has 1 aromatic rings. The summed E-state index contributed by atoms with van der Waals surface area (Å²) in [6.45, 7) is 2.97. The average molecular weight is 380 g/mol. The Morgan fingerprint density at radius 2 is 2.19 bits per heavy atom. The molecule has 4 rings (SSSR count). The Kier molecular flexibility index (Phi) is 4.84. The van der Waals surface area contributed by atoms with Crippen molar-refractivity contribution in [1.82, 2.24) is 0 Å². The number of rotatable bonds is 6.